The van der Waals surface area contributed by atoms with Crippen LogP contribution in [0, 0.1) is 6.92 Å². The van der Waals surface area contributed by atoms with E-state index in [0.717, 1.165) is 5.56 Å². The molecule has 0 aromatic heterocycles. The van der Waals surface area contributed by atoms with Crippen LogP contribution in [-0.4, -0.2) is 32.3 Å². The zero-order chi connectivity index (χ0) is 14.9. The van der Waals surface area contributed by atoms with Crippen LogP contribution in [0.3, 0.4) is 0 Å². The van der Waals surface area contributed by atoms with E-state index in [1.165, 1.54) is 13.2 Å². The lowest BCUT2D eigenvalue weighted by Gasteiger charge is -2.13. The summed E-state index contributed by atoms with van der Waals surface area (Å²) in [7, 11) is -2.52. The Labute approximate surface area is 115 Å². The molecule has 0 fully saturated rings. The normalized spacial score (nSPS) is 16.7. The minimum Gasteiger partial charge on any atom is -0.496 e. The summed E-state index contributed by atoms with van der Waals surface area (Å²) in [6.45, 7) is 1.79. The van der Waals surface area contributed by atoms with Gasteiger partial charge >= 0.3 is 16.2 Å². The number of hydrogen-bond acceptors (Lipinski definition) is 4. The summed E-state index contributed by atoms with van der Waals surface area (Å²) in [5.41, 5.74) is 0.899. The van der Waals surface area contributed by atoms with Crippen LogP contribution in [0.15, 0.2) is 34.4 Å². The number of nitrogens with zero attached hydrogens (tertiary/aromatic N) is 1. The van der Waals surface area contributed by atoms with Gasteiger partial charge in [0.1, 0.15) is 11.4 Å². The van der Waals surface area contributed by atoms with Crippen LogP contribution in [0.2, 0.25) is 0 Å². The van der Waals surface area contributed by atoms with E-state index in [-0.39, 0.29) is 5.71 Å². The first kappa shape index (κ1) is 14.1. The van der Waals surface area contributed by atoms with Gasteiger partial charge in [-0.2, -0.15) is 8.42 Å². The van der Waals surface area contributed by atoms with Gasteiger partial charge in [0.25, 0.3) is 0 Å². The number of nitrogens with one attached hydrogen (secondary N) is 1. The Morgan fingerprint density at radius 1 is 1.40 bits per heavy atom. The average Bonchev–Trinajstić information content (AvgIpc) is 2.36. The van der Waals surface area contributed by atoms with Crippen molar-refractivity contribution < 1.29 is 23.1 Å². The number of carbonyl (C=O) groups is 1. The molecule has 0 atom stereocenters. The molecule has 0 saturated heterocycles. The highest BCUT2D eigenvalue weighted by Gasteiger charge is 2.23. The summed E-state index contributed by atoms with van der Waals surface area (Å²) in [5, 5.41) is 8.90. The molecular formula is C12H12N2O5S. The number of aliphatic carboxylic acids is 1. The highest BCUT2D eigenvalue weighted by Crippen LogP contribution is 2.20. The van der Waals surface area contributed by atoms with Gasteiger partial charge in [0.2, 0.25) is 0 Å². The Balaban J connectivity index is 2.53. The number of benzene rings is 1. The second-order valence-corrected chi connectivity index (χ2v) is 5.44. The maximum absolute atomic E-state index is 11.5. The van der Waals surface area contributed by atoms with E-state index in [2.05, 4.69) is 4.40 Å². The first-order valence-corrected chi connectivity index (χ1v) is 6.99. The van der Waals surface area contributed by atoms with E-state index in [0.29, 0.717) is 11.3 Å². The van der Waals surface area contributed by atoms with Crippen LogP contribution in [0.1, 0.15) is 11.1 Å². The Bertz CT molecular complexity index is 734. The van der Waals surface area contributed by atoms with Gasteiger partial charge in [-0.05, 0) is 36.8 Å². The van der Waals surface area contributed by atoms with Crippen molar-refractivity contribution in [1.82, 2.24) is 4.72 Å². The van der Waals surface area contributed by atoms with Crippen molar-refractivity contribution in [3.05, 3.63) is 41.1 Å². The smallest absolute Gasteiger partial charge is 0.353 e. The van der Waals surface area contributed by atoms with Gasteiger partial charge in [0.05, 0.1) is 12.8 Å². The summed E-state index contributed by atoms with van der Waals surface area (Å²) >= 11 is 0. The molecule has 1 aromatic carbocycles. The first-order chi connectivity index (χ1) is 9.32. The van der Waals surface area contributed by atoms with E-state index >= 15 is 0 Å². The SMILES string of the molecule is COc1ccc(C2=NS(=O)(=O)NC(C(=O)O)=C2)cc1C. The van der Waals surface area contributed by atoms with Gasteiger partial charge in [-0.3, -0.25) is 4.72 Å². The van der Waals surface area contributed by atoms with Crippen LogP contribution in [0.25, 0.3) is 0 Å². The van der Waals surface area contributed by atoms with Crippen molar-refractivity contribution in [1.29, 1.82) is 0 Å². The van der Waals surface area contributed by atoms with Crippen molar-refractivity contribution in [2.45, 2.75) is 6.92 Å². The molecule has 106 valence electrons. The third-order valence-corrected chi connectivity index (χ3v) is 3.57. The minimum absolute atomic E-state index is 0.0619. The molecule has 2 rings (SSSR count). The molecule has 0 amide bonds. The minimum atomic E-state index is -4.05. The van der Waals surface area contributed by atoms with Gasteiger partial charge in [-0.25, -0.2) is 4.79 Å². The van der Waals surface area contributed by atoms with E-state index < -0.39 is 21.9 Å². The van der Waals surface area contributed by atoms with Crippen molar-refractivity contribution in [2.24, 2.45) is 4.40 Å². The monoisotopic (exact) mass is 296 g/mol. The fourth-order valence-electron chi connectivity index (χ4n) is 1.76. The highest BCUT2D eigenvalue weighted by molar-refractivity contribution is 7.88. The zero-order valence-corrected chi connectivity index (χ0v) is 11.6. The molecule has 1 aromatic rings. The molecule has 8 heteroatoms. The molecule has 0 aliphatic carbocycles. The topological polar surface area (TPSA) is 105 Å². The van der Waals surface area contributed by atoms with E-state index in [4.69, 9.17) is 9.84 Å². The highest BCUT2D eigenvalue weighted by atomic mass is 32.2. The number of hydrogen-bond donors (Lipinski definition) is 2. The second-order valence-electron chi connectivity index (χ2n) is 4.10. The lowest BCUT2D eigenvalue weighted by molar-refractivity contribution is -0.132. The molecule has 0 saturated carbocycles. The Hall–Kier alpha value is -2.35. The molecule has 0 bridgehead atoms. The van der Waals surface area contributed by atoms with E-state index in [9.17, 15) is 13.2 Å². The molecule has 0 spiro atoms. The fourth-order valence-corrected chi connectivity index (χ4v) is 2.65. The average molecular weight is 296 g/mol. The summed E-state index contributed by atoms with van der Waals surface area (Å²) in [4.78, 5) is 10.9. The first-order valence-electron chi connectivity index (χ1n) is 5.55. The number of carboxylic acids is 1. The molecule has 1 aliphatic heterocycles. The van der Waals surface area contributed by atoms with Gasteiger partial charge < -0.3 is 9.84 Å². The quantitative estimate of drug-likeness (QED) is 0.850. The maximum Gasteiger partial charge on any atom is 0.353 e. The molecular weight excluding hydrogens is 284 g/mol. The summed E-state index contributed by atoms with van der Waals surface area (Å²) in [5.74, 6) is -0.722. The molecule has 1 aliphatic rings. The molecule has 1 heterocycles. The van der Waals surface area contributed by atoms with Crippen molar-refractivity contribution in [3.8, 4) is 5.75 Å². The van der Waals surface area contributed by atoms with Crippen molar-refractivity contribution in [3.63, 3.8) is 0 Å². The molecule has 0 radical (unpaired) electrons. The molecule has 7 nitrogen and oxygen atoms in total. The lowest BCUT2D eigenvalue weighted by Crippen LogP contribution is -2.31. The number of allylic oxidation sites excluding steroid dienone is 1. The summed E-state index contributed by atoms with van der Waals surface area (Å²) < 4.78 is 33.5. The van der Waals surface area contributed by atoms with Gasteiger partial charge in [-0.15, -0.1) is 4.40 Å². The summed E-state index contributed by atoms with van der Waals surface area (Å²) in [6.07, 6.45) is 1.17. The third-order valence-electron chi connectivity index (χ3n) is 2.66. The second kappa shape index (κ2) is 4.97. The predicted octanol–water partition coefficient (Wildman–Crippen LogP) is 0.609. The van der Waals surface area contributed by atoms with Crippen LogP contribution in [-0.2, 0) is 15.0 Å². The van der Waals surface area contributed by atoms with Crippen LogP contribution >= 0.6 is 0 Å². The fraction of sp³-hybridized carbons (Fsp3) is 0.167. The number of ether oxygens (including phenoxy) is 1. The largest absolute Gasteiger partial charge is 0.496 e. The molecule has 2 N–H and O–H groups in total. The van der Waals surface area contributed by atoms with Crippen molar-refractivity contribution in [2.75, 3.05) is 7.11 Å². The number of rotatable bonds is 3. The van der Waals surface area contributed by atoms with Crippen LogP contribution in [0.4, 0.5) is 0 Å². The number of carboxylic acid groups (broad SMARTS) is 1. The van der Waals surface area contributed by atoms with Gasteiger partial charge in [-0.1, -0.05) is 0 Å². The predicted molar refractivity (Wildman–Crippen MR) is 72.0 cm³/mol. The molecule has 0 unspecified atom stereocenters. The van der Waals surface area contributed by atoms with E-state index in [1.54, 1.807) is 25.1 Å². The lowest BCUT2D eigenvalue weighted by atomic mass is 10.1. The van der Waals surface area contributed by atoms with Crippen molar-refractivity contribution >= 4 is 21.9 Å². The Morgan fingerprint density at radius 3 is 2.65 bits per heavy atom. The van der Waals surface area contributed by atoms with Crippen LogP contribution in [0.5, 0.6) is 5.75 Å². The summed E-state index contributed by atoms with van der Waals surface area (Å²) in [6, 6.07) is 4.95. The number of aryl methyl sites for hydroxylation is 1. The van der Waals surface area contributed by atoms with Gasteiger partial charge in [0.15, 0.2) is 0 Å². The Kier molecular flexibility index (Phi) is 3.49. The van der Waals surface area contributed by atoms with Crippen LogP contribution < -0.4 is 9.46 Å². The standard InChI is InChI=1S/C12H12N2O5S/c1-7-5-8(3-4-11(7)19-2)9-6-10(12(15)16)14-20(17,18)13-9/h3-6,14H,1-2H3,(H,15,16). The maximum atomic E-state index is 11.5. The third kappa shape index (κ3) is 2.80. The van der Waals surface area contributed by atoms with Gasteiger partial charge in [0, 0.05) is 5.56 Å². The number of methoxy groups -OCH3 is 1. The van der Waals surface area contributed by atoms with E-state index in [1.807, 2.05) is 4.72 Å². The Morgan fingerprint density at radius 2 is 2.10 bits per heavy atom. The molecule has 20 heavy (non-hydrogen) atoms. The zero-order valence-electron chi connectivity index (χ0n) is 10.7.